The lowest BCUT2D eigenvalue weighted by atomic mass is 9.86. The molecule has 2 aromatic heterocycles. The number of alkyl halides is 5. The van der Waals surface area contributed by atoms with Crippen molar-refractivity contribution in [2.75, 3.05) is 7.11 Å². The zero-order valence-electron chi connectivity index (χ0n) is 16.5. The first-order valence-corrected chi connectivity index (χ1v) is 10.0. The predicted molar refractivity (Wildman–Crippen MR) is 103 cm³/mol. The maximum atomic E-state index is 13.6. The molecule has 0 spiro atoms. The summed E-state index contributed by atoms with van der Waals surface area (Å²) in [4.78, 5) is 11.3. The van der Waals surface area contributed by atoms with Crippen molar-refractivity contribution < 1.29 is 31.8 Å². The summed E-state index contributed by atoms with van der Waals surface area (Å²) in [6, 6.07) is 1.17. The largest absolute Gasteiger partial charge is 0.475 e. The minimum absolute atomic E-state index is 0.0206. The van der Waals surface area contributed by atoms with Crippen LogP contribution in [0.15, 0.2) is 18.5 Å². The fraction of sp³-hybridized carbons (Fsp3) is 0.526. The first-order valence-electron chi connectivity index (χ1n) is 9.21. The van der Waals surface area contributed by atoms with Crippen LogP contribution >= 0.6 is 15.9 Å². The third-order valence-corrected chi connectivity index (χ3v) is 5.35. The Morgan fingerprint density at radius 1 is 1.30 bits per heavy atom. The lowest BCUT2D eigenvalue weighted by molar-refractivity contribution is -0.266. The maximum absolute atomic E-state index is 13.6. The molecule has 0 amide bonds. The van der Waals surface area contributed by atoms with Gasteiger partial charge in [-0.2, -0.15) is 22.7 Å². The number of hydrogen-bond acceptors (Lipinski definition) is 5. The van der Waals surface area contributed by atoms with Crippen molar-refractivity contribution >= 4 is 21.9 Å². The second-order valence-corrected chi connectivity index (χ2v) is 8.30. The van der Waals surface area contributed by atoms with Gasteiger partial charge >= 0.3 is 16.9 Å². The van der Waals surface area contributed by atoms with Crippen molar-refractivity contribution in [3.8, 4) is 17.0 Å². The van der Waals surface area contributed by atoms with E-state index in [0.717, 1.165) is 17.5 Å². The van der Waals surface area contributed by atoms with E-state index in [0.29, 0.717) is 30.5 Å². The van der Waals surface area contributed by atoms with Crippen molar-refractivity contribution in [3.05, 3.63) is 29.7 Å². The first-order chi connectivity index (χ1) is 13.9. The van der Waals surface area contributed by atoms with Gasteiger partial charge < -0.3 is 9.47 Å². The Bertz CT molecular complexity index is 944. The normalized spacial score (nSPS) is 17.0. The highest BCUT2D eigenvalue weighted by atomic mass is 79.9. The molecular formula is C19H20BrF4N3O3. The summed E-state index contributed by atoms with van der Waals surface area (Å²) in [7, 11) is 1.34. The number of ether oxygens (including phenoxy) is 2. The monoisotopic (exact) mass is 493 g/mol. The van der Waals surface area contributed by atoms with E-state index in [4.69, 9.17) is 4.74 Å². The maximum Gasteiger partial charge on any atom is 0.475 e. The average molecular weight is 494 g/mol. The van der Waals surface area contributed by atoms with E-state index in [1.807, 2.05) is 13.8 Å². The topological polar surface area (TPSA) is 66.2 Å². The molecular weight excluding hydrogens is 474 g/mol. The van der Waals surface area contributed by atoms with Gasteiger partial charge in [-0.1, -0.05) is 0 Å². The molecule has 11 heteroatoms. The molecule has 0 aromatic carbocycles. The van der Waals surface area contributed by atoms with E-state index >= 15 is 0 Å². The van der Waals surface area contributed by atoms with E-state index in [-0.39, 0.29) is 17.9 Å². The van der Waals surface area contributed by atoms with Gasteiger partial charge in [-0.15, -0.1) is 0 Å². The molecule has 164 valence electrons. The molecule has 0 radical (unpaired) electrons. The van der Waals surface area contributed by atoms with Gasteiger partial charge in [0.1, 0.15) is 5.75 Å². The number of carbonyl (C=O) groups is 1. The van der Waals surface area contributed by atoms with Crippen LogP contribution in [0.3, 0.4) is 0 Å². The Morgan fingerprint density at radius 2 is 2.00 bits per heavy atom. The smallest absolute Gasteiger partial charge is 0.469 e. The number of halogens is 5. The number of esters is 1. The first kappa shape index (κ1) is 22.5. The van der Waals surface area contributed by atoms with Crippen molar-refractivity contribution in [2.24, 2.45) is 5.92 Å². The van der Waals surface area contributed by atoms with Gasteiger partial charge in [0.15, 0.2) is 0 Å². The number of rotatable bonds is 6. The van der Waals surface area contributed by atoms with Gasteiger partial charge in [0.05, 0.1) is 24.9 Å². The number of hydrogen-bond donors (Lipinski definition) is 0. The summed E-state index contributed by atoms with van der Waals surface area (Å²) < 4.78 is 64.0. The number of pyridine rings is 1. The van der Waals surface area contributed by atoms with Gasteiger partial charge in [0, 0.05) is 51.4 Å². The lowest BCUT2D eigenvalue weighted by Gasteiger charge is -2.23. The van der Waals surface area contributed by atoms with Crippen molar-refractivity contribution in [1.29, 1.82) is 0 Å². The Morgan fingerprint density at radius 3 is 2.60 bits per heavy atom. The molecule has 3 rings (SSSR count). The second-order valence-electron chi connectivity index (χ2n) is 7.30. The van der Waals surface area contributed by atoms with Gasteiger partial charge in [0.2, 0.25) is 0 Å². The van der Waals surface area contributed by atoms with Crippen LogP contribution in [0, 0.1) is 5.92 Å². The van der Waals surface area contributed by atoms with Crippen LogP contribution in [-0.4, -0.2) is 38.8 Å². The molecule has 1 atom stereocenters. The molecule has 2 aromatic rings. The minimum atomic E-state index is -4.77. The third kappa shape index (κ3) is 4.30. The van der Waals surface area contributed by atoms with Gasteiger partial charge in [-0.05, 0) is 32.8 Å². The van der Waals surface area contributed by atoms with Crippen LogP contribution in [0.2, 0.25) is 0 Å². The van der Waals surface area contributed by atoms with E-state index in [1.54, 1.807) is 20.6 Å². The number of aromatic nitrogens is 3. The number of carbonyl (C=O) groups excluding carboxylic acids is 1. The highest BCUT2D eigenvalue weighted by Crippen LogP contribution is 2.41. The van der Waals surface area contributed by atoms with Gasteiger partial charge in [-0.3, -0.25) is 14.5 Å². The zero-order valence-corrected chi connectivity index (χ0v) is 18.1. The van der Waals surface area contributed by atoms with Crippen LogP contribution < -0.4 is 4.74 Å². The number of fused-ring (bicyclic) bond motifs is 1. The Hall–Kier alpha value is -2.17. The summed E-state index contributed by atoms with van der Waals surface area (Å²) in [6.45, 7) is 3.85. The standard InChI is InChI=1S/C19H20BrF4N3O3/c1-10(2)27-15-7-11(17(28)29-3)4-5-14(15)16(26-27)12-6-13(9-25-8-12)30-19(23,24)18(20,21)22/h6,8-11H,4-5,7H2,1-3H3/t11-/m1/s1. The summed E-state index contributed by atoms with van der Waals surface area (Å²) >= 11 is 1.63. The van der Waals surface area contributed by atoms with E-state index in [9.17, 15) is 22.4 Å². The molecule has 0 aliphatic heterocycles. The molecule has 2 heterocycles. The Balaban J connectivity index is 1.99. The summed E-state index contributed by atoms with van der Waals surface area (Å²) in [6.07, 6.45) is -0.930. The van der Waals surface area contributed by atoms with Crippen LogP contribution in [0.1, 0.15) is 37.6 Å². The van der Waals surface area contributed by atoms with Crippen molar-refractivity contribution in [1.82, 2.24) is 14.8 Å². The molecule has 0 fully saturated rings. The summed E-state index contributed by atoms with van der Waals surface area (Å²) in [5.41, 5.74) is 2.56. The van der Waals surface area contributed by atoms with E-state index in [1.165, 1.54) is 19.4 Å². The SMILES string of the molecule is COC(=O)[C@@H]1CCc2c(-c3cncc(OC(F)(F)C(F)(F)Br)c3)nn(C(C)C)c2C1. The molecule has 1 aliphatic carbocycles. The predicted octanol–water partition coefficient (Wildman–Crippen LogP) is 4.76. The quantitative estimate of drug-likeness (QED) is 0.329. The molecule has 0 N–H and O–H groups in total. The van der Waals surface area contributed by atoms with E-state index in [2.05, 4.69) is 14.8 Å². The third-order valence-electron chi connectivity index (χ3n) is 4.89. The van der Waals surface area contributed by atoms with Gasteiger partial charge in [0.25, 0.3) is 0 Å². The summed E-state index contributed by atoms with van der Waals surface area (Å²) in [5, 5.41) is 4.59. The highest BCUT2D eigenvalue weighted by Gasteiger charge is 2.57. The average Bonchev–Trinajstić information content (AvgIpc) is 3.05. The van der Waals surface area contributed by atoms with Crippen LogP contribution in [-0.2, 0) is 22.4 Å². The van der Waals surface area contributed by atoms with Crippen molar-refractivity contribution in [2.45, 2.75) is 50.1 Å². The molecule has 0 saturated heterocycles. The van der Waals surface area contributed by atoms with E-state index < -0.39 is 16.7 Å². The summed E-state index contributed by atoms with van der Waals surface area (Å²) in [5.74, 6) is -1.11. The van der Waals surface area contributed by atoms with Crippen molar-refractivity contribution in [3.63, 3.8) is 0 Å². The van der Waals surface area contributed by atoms with Gasteiger partial charge in [-0.25, -0.2) is 0 Å². The van der Waals surface area contributed by atoms with Crippen LogP contribution in [0.25, 0.3) is 11.3 Å². The highest BCUT2D eigenvalue weighted by molar-refractivity contribution is 9.10. The molecule has 1 aliphatic rings. The number of nitrogens with zero attached hydrogens (tertiary/aromatic N) is 3. The zero-order chi connectivity index (χ0) is 22.3. The molecule has 6 nitrogen and oxygen atoms in total. The fourth-order valence-electron chi connectivity index (χ4n) is 3.47. The second kappa shape index (κ2) is 8.16. The molecule has 0 unspecified atom stereocenters. The Kier molecular flexibility index (Phi) is 6.13. The molecule has 30 heavy (non-hydrogen) atoms. The van der Waals surface area contributed by atoms with Crippen LogP contribution in [0.5, 0.6) is 5.75 Å². The fourth-order valence-corrected chi connectivity index (χ4v) is 3.55. The minimum Gasteiger partial charge on any atom is -0.469 e. The Labute approximate surface area is 178 Å². The lowest BCUT2D eigenvalue weighted by Crippen LogP contribution is -2.40. The number of methoxy groups -OCH3 is 1. The molecule has 0 bridgehead atoms. The molecule has 0 saturated carbocycles. The van der Waals surface area contributed by atoms with Crippen LogP contribution in [0.4, 0.5) is 17.6 Å².